The van der Waals surface area contributed by atoms with E-state index in [4.69, 9.17) is 15.1 Å². The third-order valence-electron chi connectivity index (χ3n) is 6.64. The van der Waals surface area contributed by atoms with Crippen molar-refractivity contribution in [3.05, 3.63) is 133 Å². The lowest BCUT2D eigenvalue weighted by Gasteiger charge is -2.09. The normalized spacial score (nSPS) is 11.2. The molecule has 7 aromatic rings. The zero-order chi connectivity index (χ0) is 24.6. The minimum atomic E-state index is 0.683. The lowest BCUT2D eigenvalue weighted by atomic mass is 10.0. The fourth-order valence-electron chi connectivity index (χ4n) is 4.74. The fraction of sp³-hybridized carbons (Fsp3) is 0. The van der Waals surface area contributed by atoms with Crippen molar-refractivity contribution in [3.63, 3.8) is 0 Å². The van der Waals surface area contributed by atoms with Crippen molar-refractivity contribution in [2.45, 2.75) is 0 Å². The number of hydrogen-bond donors (Lipinski definition) is 0. The summed E-state index contributed by atoms with van der Waals surface area (Å²) in [6.07, 6.45) is 0. The summed E-state index contributed by atoms with van der Waals surface area (Å²) in [5.74, 6) is 0.683. The highest BCUT2D eigenvalue weighted by Gasteiger charge is 2.14. The van der Waals surface area contributed by atoms with Gasteiger partial charge in [-0.15, -0.1) is 0 Å². The molecule has 0 N–H and O–H groups in total. The second-order valence-electron chi connectivity index (χ2n) is 9.03. The Hall–Kier alpha value is -5.09. The Bertz CT molecular complexity index is 1850. The molecule has 0 saturated carbocycles. The Morgan fingerprint density at radius 3 is 1.84 bits per heavy atom. The van der Waals surface area contributed by atoms with E-state index in [1.807, 2.05) is 59.1 Å². The summed E-state index contributed by atoms with van der Waals surface area (Å²) < 4.78 is 1.99. The van der Waals surface area contributed by atoms with Crippen molar-refractivity contribution >= 4 is 16.4 Å². The van der Waals surface area contributed by atoms with Crippen LogP contribution in [-0.2, 0) is 0 Å². The van der Waals surface area contributed by atoms with Crippen LogP contribution in [0.2, 0.25) is 0 Å². The van der Waals surface area contributed by atoms with Gasteiger partial charge in [0, 0.05) is 16.5 Å². The van der Waals surface area contributed by atoms with Crippen molar-refractivity contribution in [1.82, 2.24) is 19.6 Å². The maximum absolute atomic E-state index is 4.96. The molecular weight excluding hydrogens is 452 g/mol. The molecule has 0 aliphatic heterocycles. The molecule has 3 aromatic heterocycles. The van der Waals surface area contributed by atoms with Crippen LogP contribution < -0.4 is 0 Å². The SMILES string of the molecule is c1ccc(-c2ccc(-c3cc(-c4cc5ccc6ccccc6n5n4)nc(-c4ccccc4)n3)cc2)cc1. The van der Waals surface area contributed by atoms with Crippen molar-refractivity contribution in [2.24, 2.45) is 0 Å². The second kappa shape index (κ2) is 8.85. The molecule has 174 valence electrons. The van der Waals surface area contributed by atoms with E-state index in [1.165, 1.54) is 11.1 Å². The Labute approximate surface area is 214 Å². The van der Waals surface area contributed by atoms with E-state index in [9.17, 15) is 0 Å². The third-order valence-corrected chi connectivity index (χ3v) is 6.64. The highest BCUT2D eigenvalue weighted by atomic mass is 15.2. The van der Waals surface area contributed by atoms with E-state index in [1.54, 1.807) is 0 Å². The maximum atomic E-state index is 4.96. The fourth-order valence-corrected chi connectivity index (χ4v) is 4.74. The van der Waals surface area contributed by atoms with Crippen molar-refractivity contribution in [3.8, 4) is 45.2 Å². The number of fused-ring (bicyclic) bond motifs is 3. The number of rotatable bonds is 4. The zero-order valence-electron chi connectivity index (χ0n) is 20.0. The van der Waals surface area contributed by atoms with E-state index in [0.29, 0.717) is 5.82 Å². The first kappa shape index (κ1) is 21.2. The maximum Gasteiger partial charge on any atom is 0.160 e. The van der Waals surface area contributed by atoms with Gasteiger partial charge in [-0.1, -0.05) is 109 Å². The van der Waals surface area contributed by atoms with Gasteiger partial charge in [0.15, 0.2) is 5.82 Å². The molecule has 4 aromatic carbocycles. The van der Waals surface area contributed by atoms with Crippen LogP contribution in [0.25, 0.3) is 61.6 Å². The summed E-state index contributed by atoms with van der Waals surface area (Å²) in [5.41, 5.74) is 8.96. The van der Waals surface area contributed by atoms with Gasteiger partial charge in [-0.2, -0.15) is 5.10 Å². The lowest BCUT2D eigenvalue weighted by Crippen LogP contribution is -1.96. The van der Waals surface area contributed by atoms with E-state index < -0.39 is 0 Å². The quantitative estimate of drug-likeness (QED) is 0.260. The molecule has 0 aliphatic rings. The summed E-state index contributed by atoms with van der Waals surface area (Å²) in [5, 5.41) is 6.11. The third kappa shape index (κ3) is 3.95. The number of hydrogen-bond acceptors (Lipinski definition) is 3. The molecule has 4 heteroatoms. The molecule has 0 unspecified atom stereocenters. The predicted molar refractivity (Wildman–Crippen MR) is 150 cm³/mol. The smallest absolute Gasteiger partial charge is 0.160 e. The van der Waals surface area contributed by atoms with Gasteiger partial charge < -0.3 is 0 Å². The molecule has 0 atom stereocenters. The number of nitrogens with zero attached hydrogens (tertiary/aromatic N) is 4. The van der Waals surface area contributed by atoms with Gasteiger partial charge in [-0.3, -0.25) is 0 Å². The van der Waals surface area contributed by atoms with E-state index >= 15 is 0 Å². The van der Waals surface area contributed by atoms with Crippen molar-refractivity contribution < 1.29 is 0 Å². The van der Waals surface area contributed by atoms with Crippen LogP contribution in [-0.4, -0.2) is 19.6 Å². The van der Waals surface area contributed by atoms with E-state index in [0.717, 1.165) is 44.6 Å². The van der Waals surface area contributed by atoms with Gasteiger partial charge in [0.25, 0.3) is 0 Å². The Balaban J connectivity index is 1.38. The average Bonchev–Trinajstić information content (AvgIpc) is 3.43. The number of para-hydroxylation sites is 1. The van der Waals surface area contributed by atoms with Gasteiger partial charge in [-0.05, 0) is 35.4 Å². The van der Waals surface area contributed by atoms with Crippen LogP contribution in [0.15, 0.2) is 133 Å². The first-order valence-corrected chi connectivity index (χ1v) is 12.3. The topological polar surface area (TPSA) is 43.1 Å². The van der Waals surface area contributed by atoms with Crippen LogP contribution in [0.3, 0.4) is 0 Å². The molecule has 0 amide bonds. The lowest BCUT2D eigenvalue weighted by molar-refractivity contribution is 1.00. The first-order valence-electron chi connectivity index (χ1n) is 12.3. The number of benzene rings is 4. The van der Waals surface area contributed by atoms with Gasteiger partial charge in [0.1, 0.15) is 5.69 Å². The summed E-state index contributed by atoms with van der Waals surface area (Å²) in [7, 11) is 0. The second-order valence-corrected chi connectivity index (χ2v) is 9.03. The van der Waals surface area contributed by atoms with Gasteiger partial charge in [0.2, 0.25) is 0 Å². The van der Waals surface area contributed by atoms with Crippen molar-refractivity contribution in [2.75, 3.05) is 0 Å². The van der Waals surface area contributed by atoms with Crippen LogP contribution in [0, 0.1) is 0 Å². The Kier molecular flexibility index (Phi) is 5.07. The van der Waals surface area contributed by atoms with Crippen molar-refractivity contribution in [1.29, 1.82) is 0 Å². The minimum absolute atomic E-state index is 0.683. The Morgan fingerprint density at radius 2 is 1.05 bits per heavy atom. The van der Waals surface area contributed by atoms with Gasteiger partial charge in [-0.25, -0.2) is 14.5 Å². The monoisotopic (exact) mass is 474 g/mol. The zero-order valence-corrected chi connectivity index (χ0v) is 20.0. The number of pyridine rings is 1. The molecule has 4 nitrogen and oxygen atoms in total. The average molecular weight is 475 g/mol. The largest absolute Gasteiger partial charge is 0.232 e. The molecule has 0 saturated heterocycles. The Morgan fingerprint density at radius 1 is 0.432 bits per heavy atom. The van der Waals surface area contributed by atoms with E-state index in [2.05, 4.69) is 78.9 Å². The molecule has 0 aliphatic carbocycles. The summed E-state index contributed by atoms with van der Waals surface area (Å²) in [6.45, 7) is 0. The van der Waals surface area contributed by atoms with Crippen LogP contribution >= 0.6 is 0 Å². The molecule has 3 heterocycles. The highest BCUT2D eigenvalue weighted by molar-refractivity contribution is 5.83. The molecule has 0 bridgehead atoms. The molecule has 7 rings (SSSR count). The summed E-state index contributed by atoms with van der Waals surface area (Å²) in [6, 6.07) is 45.7. The highest BCUT2D eigenvalue weighted by Crippen LogP contribution is 2.30. The van der Waals surface area contributed by atoms with Gasteiger partial charge in [0.05, 0.1) is 22.4 Å². The van der Waals surface area contributed by atoms with Crippen LogP contribution in [0.1, 0.15) is 0 Å². The molecule has 0 radical (unpaired) electrons. The molecule has 0 spiro atoms. The van der Waals surface area contributed by atoms with Gasteiger partial charge >= 0.3 is 0 Å². The number of aromatic nitrogens is 4. The standard InChI is InChI=1S/C33H22N4/c1-3-9-23(10-4-1)24-15-17-25(18-16-24)29-22-30(35-33(34-29)27-12-5-2-6-13-27)31-21-28-20-19-26-11-7-8-14-32(26)37(28)36-31/h1-22H. The predicted octanol–water partition coefficient (Wildman–Crippen LogP) is 7.95. The molecule has 37 heavy (non-hydrogen) atoms. The van der Waals surface area contributed by atoms with Crippen LogP contribution in [0.5, 0.6) is 0 Å². The minimum Gasteiger partial charge on any atom is -0.232 e. The van der Waals surface area contributed by atoms with Crippen LogP contribution in [0.4, 0.5) is 0 Å². The first-order chi connectivity index (χ1) is 18.3. The summed E-state index contributed by atoms with van der Waals surface area (Å²) >= 11 is 0. The molecular formula is C33H22N4. The summed E-state index contributed by atoms with van der Waals surface area (Å²) in [4.78, 5) is 9.91. The molecule has 0 fully saturated rings. The van der Waals surface area contributed by atoms with E-state index in [-0.39, 0.29) is 0 Å².